The second kappa shape index (κ2) is 4.85. The molecular weight excluding hydrogens is 270 g/mol. The van der Waals surface area contributed by atoms with Gasteiger partial charge in [0.2, 0.25) is 0 Å². The Labute approximate surface area is 122 Å². The van der Waals surface area contributed by atoms with Crippen LogP contribution < -0.4 is 0 Å². The second-order valence-corrected chi connectivity index (χ2v) is 7.05. The van der Waals surface area contributed by atoms with Crippen molar-refractivity contribution >= 4 is 27.5 Å². The lowest BCUT2D eigenvalue weighted by Crippen LogP contribution is -2.32. The standard InChI is InChI=1S/C16H19NO2S/c1-10(2)14-17-12-9-11(5-6-13(12)20-14)16(15(18)19)7-3-4-8-16/h5-6,9-10H,3-4,7-8H2,1-2H3,(H,18,19). The minimum absolute atomic E-state index is 0.413. The van der Waals surface area contributed by atoms with Crippen LogP contribution in [0.3, 0.4) is 0 Å². The van der Waals surface area contributed by atoms with E-state index in [1.807, 2.05) is 18.2 Å². The van der Waals surface area contributed by atoms with E-state index in [4.69, 9.17) is 0 Å². The maximum absolute atomic E-state index is 11.8. The van der Waals surface area contributed by atoms with Gasteiger partial charge in [-0.1, -0.05) is 32.8 Å². The van der Waals surface area contributed by atoms with E-state index in [1.54, 1.807) is 11.3 Å². The zero-order chi connectivity index (χ0) is 14.3. The number of aliphatic carboxylic acids is 1. The zero-order valence-corrected chi connectivity index (χ0v) is 12.7. The number of carboxylic acid groups (broad SMARTS) is 1. The number of carbonyl (C=O) groups is 1. The number of nitrogens with zero attached hydrogens (tertiary/aromatic N) is 1. The fourth-order valence-corrected chi connectivity index (χ4v) is 4.04. The van der Waals surface area contributed by atoms with Crippen molar-refractivity contribution in [3.8, 4) is 0 Å². The molecule has 0 bridgehead atoms. The van der Waals surface area contributed by atoms with Crippen molar-refractivity contribution in [3.05, 3.63) is 28.8 Å². The molecule has 2 aromatic rings. The molecule has 1 aliphatic carbocycles. The molecule has 0 spiro atoms. The molecule has 1 aliphatic rings. The number of hydrogen-bond acceptors (Lipinski definition) is 3. The van der Waals surface area contributed by atoms with E-state index in [2.05, 4.69) is 18.8 Å². The highest BCUT2D eigenvalue weighted by Gasteiger charge is 2.43. The molecule has 1 heterocycles. The lowest BCUT2D eigenvalue weighted by atomic mass is 9.79. The summed E-state index contributed by atoms with van der Waals surface area (Å²) in [7, 11) is 0. The normalized spacial score (nSPS) is 17.9. The van der Waals surface area contributed by atoms with Gasteiger partial charge in [0.1, 0.15) is 0 Å². The van der Waals surface area contributed by atoms with Crippen LogP contribution in [0.1, 0.15) is 56.0 Å². The summed E-state index contributed by atoms with van der Waals surface area (Å²) < 4.78 is 1.15. The Hall–Kier alpha value is -1.42. The third kappa shape index (κ3) is 2.03. The molecule has 20 heavy (non-hydrogen) atoms. The van der Waals surface area contributed by atoms with Gasteiger partial charge in [0.25, 0.3) is 0 Å². The molecule has 0 radical (unpaired) electrons. The smallest absolute Gasteiger partial charge is 0.314 e. The molecule has 0 atom stereocenters. The molecule has 1 fully saturated rings. The Morgan fingerprint density at radius 3 is 2.65 bits per heavy atom. The quantitative estimate of drug-likeness (QED) is 0.915. The van der Waals surface area contributed by atoms with Gasteiger partial charge >= 0.3 is 5.97 Å². The number of fused-ring (bicyclic) bond motifs is 1. The van der Waals surface area contributed by atoms with Crippen LogP contribution in [0.5, 0.6) is 0 Å². The molecule has 3 nitrogen and oxygen atoms in total. The third-order valence-corrected chi connectivity index (χ3v) is 5.65. The van der Waals surface area contributed by atoms with Crippen molar-refractivity contribution in [1.82, 2.24) is 4.98 Å². The van der Waals surface area contributed by atoms with Crippen LogP contribution in [0.15, 0.2) is 18.2 Å². The van der Waals surface area contributed by atoms with E-state index >= 15 is 0 Å². The average Bonchev–Trinajstić information content (AvgIpc) is 3.05. The summed E-state index contributed by atoms with van der Waals surface area (Å²) >= 11 is 1.71. The van der Waals surface area contributed by atoms with Gasteiger partial charge in [0.15, 0.2) is 0 Å². The summed E-state index contributed by atoms with van der Waals surface area (Å²) in [6.45, 7) is 4.27. The summed E-state index contributed by atoms with van der Waals surface area (Å²) in [6.07, 6.45) is 3.49. The van der Waals surface area contributed by atoms with Crippen LogP contribution in [-0.4, -0.2) is 16.1 Å². The van der Waals surface area contributed by atoms with Gasteiger partial charge in [-0.2, -0.15) is 0 Å². The predicted molar refractivity (Wildman–Crippen MR) is 81.5 cm³/mol. The Morgan fingerprint density at radius 2 is 2.05 bits per heavy atom. The van der Waals surface area contributed by atoms with E-state index in [9.17, 15) is 9.90 Å². The maximum Gasteiger partial charge on any atom is 0.314 e. The predicted octanol–water partition coefficient (Wildman–Crippen LogP) is 4.32. The highest BCUT2D eigenvalue weighted by Crippen LogP contribution is 2.42. The van der Waals surface area contributed by atoms with Crippen LogP contribution in [-0.2, 0) is 10.2 Å². The van der Waals surface area contributed by atoms with Gasteiger partial charge < -0.3 is 5.11 Å². The maximum atomic E-state index is 11.8. The molecule has 1 N–H and O–H groups in total. The number of rotatable bonds is 3. The fraction of sp³-hybridized carbons (Fsp3) is 0.500. The first-order valence-electron chi connectivity index (χ1n) is 7.17. The minimum atomic E-state index is -0.686. The number of aromatic nitrogens is 1. The first-order valence-corrected chi connectivity index (χ1v) is 7.99. The minimum Gasteiger partial charge on any atom is -0.481 e. The van der Waals surface area contributed by atoms with Gasteiger partial charge in [-0.05, 0) is 30.5 Å². The van der Waals surface area contributed by atoms with Crippen molar-refractivity contribution in [2.75, 3.05) is 0 Å². The average molecular weight is 289 g/mol. The topological polar surface area (TPSA) is 50.2 Å². The molecule has 1 aromatic carbocycles. The van der Waals surface area contributed by atoms with Crippen molar-refractivity contribution in [2.24, 2.45) is 0 Å². The van der Waals surface area contributed by atoms with E-state index in [0.717, 1.165) is 46.5 Å². The second-order valence-electron chi connectivity index (χ2n) is 5.98. The Kier molecular flexibility index (Phi) is 3.28. The van der Waals surface area contributed by atoms with Crippen LogP contribution in [0.4, 0.5) is 0 Å². The molecule has 0 saturated heterocycles. The van der Waals surface area contributed by atoms with E-state index in [1.165, 1.54) is 0 Å². The molecule has 106 valence electrons. The summed E-state index contributed by atoms with van der Waals surface area (Å²) in [4.78, 5) is 16.4. The summed E-state index contributed by atoms with van der Waals surface area (Å²) in [5, 5.41) is 10.8. The van der Waals surface area contributed by atoms with Gasteiger partial charge in [0, 0.05) is 5.92 Å². The van der Waals surface area contributed by atoms with Gasteiger partial charge in [-0.25, -0.2) is 4.98 Å². The SMILES string of the molecule is CC(C)c1nc2cc(C3(C(=O)O)CCCC3)ccc2s1. The molecule has 0 aliphatic heterocycles. The lowest BCUT2D eigenvalue weighted by molar-refractivity contribution is -0.143. The summed E-state index contributed by atoms with van der Waals surface area (Å²) in [5.74, 6) is -0.274. The molecule has 4 heteroatoms. The number of carboxylic acids is 1. The molecule has 1 saturated carbocycles. The molecule has 0 unspecified atom stereocenters. The highest BCUT2D eigenvalue weighted by molar-refractivity contribution is 7.18. The van der Waals surface area contributed by atoms with Crippen molar-refractivity contribution in [1.29, 1.82) is 0 Å². The Bertz CT molecular complexity index is 654. The summed E-state index contributed by atoms with van der Waals surface area (Å²) in [5.41, 5.74) is 1.19. The number of hydrogen-bond donors (Lipinski definition) is 1. The highest BCUT2D eigenvalue weighted by atomic mass is 32.1. The van der Waals surface area contributed by atoms with Crippen LogP contribution in [0, 0.1) is 0 Å². The molecule has 1 aromatic heterocycles. The number of thiazole rings is 1. The zero-order valence-electron chi connectivity index (χ0n) is 11.8. The lowest BCUT2D eigenvalue weighted by Gasteiger charge is -2.24. The first kappa shape index (κ1) is 13.6. The summed E-state index contributed by atoms with van der Waals surface area (Å²) in [6, 6.07) is 6.03. The monoisotopic (exact) mass is 289 g/mol. The Morgan fingerprint density at radius 1 is 1.35 bits per heavy atom. The van der Waals surface area contributed by atoms with Crippen LogP contribution in [0.25, 0.3) is 10.2 Å². The van der Waals surface area contributed by atoms with E-state index < -0.39 is 11.4 Å². The molecular formula is C16H19NO2S. The van der Waals surface area contributed by atoms with E-state index in [0.29, 0.717) is 5.92 Å². The largest absolute Gasteiger partial charge is 0.481 e. The van der Waals surface area contributed by atoms with Gasteiger partial charge in [0.05, 0.1) is 20.6 Å². The van der Waals surface area contributed by atoms with E-state index in [-0.39, 0.29) is 0 Å². The molecule has 0 amide bonds. The van der Waals surface area contributed by atoms with Gasteiger partial charge in [-0.15, -0.1) is 11.3 Å². The van der Waals surface area contributed by atoms with Gasteiger partial charge in [-0.3, -0.25) is 4.79 Å². The molecule has 3 rings (SSSR count). The van der Waals surface area contributed by atoms with Crippen molar-refractivity contribution in [3.63, 3.8) is 0 Å². The fourth-order valence-electron chi connectivity index (χ4n) is 3.09. The third-order valence-electron chi connectivity index (χ3n) is 4.32. The van der Waals surface area contributed by atoms with Crippen LogP contribution >= 0.6 is 11.3 Å². The number of benzene rings is 1. The van der Waals surface area contributed by atoms with Crippen molar-refractivity contribution in [2.45, 2.75) is 50.9 Å². The van der Waals surface area contributed by atoms with Crippen molar-refractivity contribution < 1.29 is 9.90 Å². The Balaban J connectivity index is 2.10. The first-order chi connectivity index (χ1) is 9.53. The van der Waals surface area contributed by atoms with Crippen LogP contribution in [0.2, 0.25) is 0 Å².